The third kappa shape index (κ3) is 4.47. The van der Waals surface area contributed by atoms with Crippen molar-refractivity contribution >= 4 is 46.6 Å². The van der Waals surface area contributed by atoms with E-state index in [1.807, 2.05) is 0 Å². The van der Waals surface area contributed by atoms with Crippen molar-refractivity contribution in [3.63, 3.8) is 0 Å². The number of rotatable bonds is 5. The summed E-state index contributed by atoms with van der Waals surface area (Å²) in [5.74, 6) is -0.766. The zero-order valence-corrected chi connectivity index (χ0v) is 14.8. The Bertz CT molecular complexity index is 903. The number of hydrogen-bond acceptors (Lipinski definition) is 5. The minimum atomic E-state index is -0.545. The molecule has 2 aromatic carbocycles. The van der Waals surface area contributed by atoms with Crippen molar-refractivity contribution < 1.29 is 9.18 Å². The van der Waals surface area contributed by atoms with Crippen molar-refractivity contribution in [2.24, 2.45) is 0 Å². The highest BCUT2D eigenvalue weighted by molar-refractivity contribution is 7.99. The quantitative estimate of drug-likeness (QED) is 0.662. The van der Waals surface area contributed by atoms with Gasteiger partial charge in [0.05, 0.1) is 16.5 Å². The van der Waals surface area contributed by atoms with Gasteiger partial charge in [0.25, 0.3) is 0 Å². The van der Waals surface area contributed by atoms with Crippen LogP contribution in [0.4, 0.5) is 10.1 Å². The van der Waals surface area contributed by atoms with Crippen LogP contribution in [0.3, 0.4) is 0 Å². The minimum absolute atomic E-state index is 0.0582. The molecule has 1 aromatic heterocycles. The number of carbonyl (C=O) groups is 1. The Kier molecular flexibility index (Phi) is 5.52. The number of thioether (sulfide) groups is 1. The van der Waals surface area contributed by atoms with E-state index < -0.39 is 5.82 Å². The van der Waals surface area contributed by atoms with E-state index in [4.69, 9.17) is 23.2 Å². The SMILES string of the molecule is O=C(CSc1nnnn1-c1ccc(Cl)cc1)Nc1ccc(F)c(Cl)c1. The molecule has 0 atom stereocenters. The number of carbonyl (C=O) groups excluding carboxylic acids is 1. The fourth-order valence-corrected chi connectivity index (χ4v) is 2.91. The van der Waals surface area contributed by atoms with Crippen LogP contribution >= 0.6 is 35.0 Å². The average Bonchev–Trinajstić information content (AvgIpc) is 3.06. The lowest BCUT2D eigenvalue weighted by atomic mass is 10.3. The van der Waals surface area contributed by atoms with Gasteiger partial charge in [0.2, 0.25) is 11.1 Å². The molecule has 25 heavy (non-hydrogen) atoms. The Labute approximate surface area is 156 Å². The van der Waals surface area contributed by atoms with Gasteiger partial charge >= 0.3 is 0 Å². The van der Waals surface area contributed by atoms with Crippen LogP contribution < -0.4 is 5.32 Å². The van der Waals surface area contributed by atoms with Gasteiger partial charge in [0, 0.05) is 10.7 Å². The Morgan fingerprint density at radius 2 is 1.96 bits per heavy atom. The molecule has 1 heterocycles. The van der Waals surface area contributed by atoms with Crippen molar-refractivity contribution in [2.75, 3.05) is 11.1 Å². The van der Waals surface area contributed by atoms with E-state index >= 15 is 0 Å². The molecule has 0 aliphatic carbocycles. The second kappa shape index (κ2) is 7.81. The molecule has 0 saturated carbocycles. The summed E-state index contributed by atoms with van der Waals surface area (Å²) in [5.41, 5.74) is 1.14. The van der Waals surface area contributed by atoms with Gasteiger partial charge < -0.3 is 5.32 Å². The van der Waals surface area contributed by atoms with Gasteiger partial charge in [-0.15, -0.1) is 5.10 Å². The van der Waals surface area contributed by atoms with Crippen LogP contribution in [-0.4, -0.2) is 31.9 Å². The molecule has 1 amide bonds. The Morgan fingerprint density at radius 1 is 1.20 bits per heavy atom. The zero-order valence-electron chi connectivity index (χ0n) is 12.5. The number of nitrogens with zero attached hydrogens (tertiary/aromatic N) is 4. The lowest BCUT2D eigenvalue weighted by molar-refractivity contribution is -0.113. The molecular formula is C15H10Cl2FN5OS. The number of anilines is 1. The first-order chi connectivity index (χ1) is 12.0. The average molecular weight is 398 g/mol. The van der Waals surface area contributed by atoms with Crippen molar-refractivity contribution in [2.45, 2.75) is 5.16 Å². The molecule has 1 N–H and O–H groups in total. The molecule has 3 rings (SSSR count). The molecule has 128 valence electrons. The predicted molar refractivity (Wildman–Crippen MR) is 94.9 cm³/mol. The highest BCUT2D eigenvalue weighted by Crippen LogP contribution is 2.22. The second-order valence-electron chi connectivity index (χ2n) is 4.82. The maximum Gasteiger partial charge on any atom is 0.234 e. The van der Waals surface area contributed by atoms with Crippen LogP contribution in [0.25, 0.3) is 5.69 Å². The Morgan fingerprint density at radius 3 is 2.68 bits per heavy atom. The van der Waals surface area contributed by atoms with Crippen molar-refractivity contribution in [3.8, 4) is 5.69 Å². The smallest absolute Gasteiger partial charge is 0.234 e. The number of tetrazole rings is 1. The standard InChI is InChI=1S/C15H10Cl2FN5OS/c16-9-1-4-11(5-2-9)23-15(20-21-22-23)25-8-14(24)19-10-3-6-13(18)12(17)7-10/h1-7H,8H2,(H,19,24). The molecule has 10 heteroatoms. The van der Waals surface area contributed by atoms with Crippen LogP contribution in [0.15, 0.2) is 47.6 Å². The van der Waals surface area contributed by atoms with Crippen LogP contribution in [0, 0.1) is 5.82 Å². The Hall–Kier alpha value is -2.16. The normalized spacial score (nSPS) is 10.7. The van der Waals surface area contributed by atoms with Crippen LogP contribution in [-0.2, 0) is 4.79 Å². The van der Waals surface area contributed by atoms with Crippen LogP contribution in [0.2, 0.25) is 10.0 Å². The number of aromatic nitrogens is 4. The van der Waals surface area contributed by atoms with Gasteiger partial charge in [0.1, 0.15) is 5.82 Å². The predicted octanol–water partition coefficient (Wildman–Crippen LogP) is 3.84. The monoisotopic (exact) mass is 397 g/mol. The summed E-state index contributed by atoms with van der Waals surface area (Å²) >= 11 is 12.7. The van der Waals surface area contributed by atoms with Crippen molar-refractivity contribution in [3.05, 3.63) is 58.3 Å². The fourth-order valence-electron chi connectivity index (χ4n) is 1.91. The van der Waals surface area contributed by atoms with Gasteiger partial charge in [-0.1, -0.05) is 35.0 Å². The van der Waals surface area contributed by atoms with Gasteiger partial charge in [-0.2, -0.15) is 4.68 Å². The van der Waals surface area contributed by atoms with Gasteiger partial charge in [0.15, 0.2) is 0 Å². The van der Waals surface area contributed by atoms with Gasteiger partial charge in [-0.3, -0.25) is 4.79 Å². The Balaban J connectivity index is 1.64. The second-order valence-corrected chi connectivity index (χ2v) is 6.60. The first kappa shape index (κ1) is 17.7. The molecule has 0 fully saturated rings. The van der Waals surface area contributed by atoms with E-state index in [1.54, 1.807) is 24.3 Å². The largest absolute Gasteiger partial charge is 0.325 e. The van der Waals surface area contributed by atoms with E-state index in [2.05, 4.69) is 20.8 Å². The van der Waals surface area contributed by atoms with E-state index in [9.17, 15) is 9.18 Å². The summed E-state index contributed by atoms with van der Waals surface area (Å²) in [6, 6.07) is 10.9. The number of benzene rings is 2. The minimum Gasteiger partial charge on any atom is -0.325 e. The molecule has 0 aliphatic heterocycles. The summed E-state index contributed by atoms with van der Waals surface area (Å²) < 4.78 is 14.6. The lowest BCUT2D eigenvalue weighted by Gasteiger charge is -2.06. The van der Waals surface area contributed by atoms with Gasteiger partial charge in [-0.25, -0.2) is 4.39 Å². The lowest BCUT2D eigenvalue weighted by Crippen LogP contribution is -2.14. The molecule has 0 radical (unpaired) electrons. The first-order valence-electron chi connectivity index (χ1n) is 6.95. The topological polar surface area (TPSA) is 72.7 Å². The molecule has 0 saturated heterocycles. The summed E-state index contributed by atoms with van der Waals surface area (Å²) in [4.78, 5) is 12.0. The van der Waals surface area contributed by atoms with Gasteiger partial charge in [-0.05, 0) is 52.9 Å². The highest BCUT2D eigenvalue weighted by atomic mass is 35.5. The number of nitrogens with one attached hydrogen (secondary N) is 1. The fraction of sp³-hybridized carbons (Fsp3) is 0.0667. The van der Waals surface area contributed by atoms with E-state index in [1.165, 1.54) is 22.9 Å². The summed E-state index contributed by atoms with van der Waals surface area (Å²) in [5, 5.41) is 15.1. The first-order valence-corrected chi connectivity index (χ1v) is 8.69. The molecule has 0 aliphatic rings. The molecule has 3 aromatic rings. The highest BCUT2D eigenvalue weighted by Gasteiger charge is 2.12. The molecule has 0 unspecified atom stereocenters. The molecule has 0 spiro atoms. The number of hydrogen-bond donors (Lipinski definition) is 1. The van der Waals surface area contributed by atoms with Crippen molar-refractivity contribution in [1.29, 1.82) is 0 Å². The molecule has 0 bridgehead atoms. The maximum absolute atomic E-state index is 13.1. The van der Waals surface area contributed by atoms with E-state index in [0.29, 0.717) is 15.9 Å². The third-order valence-corrected chi connectivity index (χ3v) is 4.51. The number of halogens is 3. The maximum atomic E-state index is 13.1. The van der Waals surface area contributed by atoms with E-state index in [-0.39, 0.29) is 16.7 Å². The number of amides is 1. The van der Waals surface area contributed by atoms with E-state index in [0.717, 1.165) is 17.4 Å². The molecular weight excluding hydrogens is 388 g/mol. The van der Waals surface area contributed by atoms with Crippen LogP contribution in [0.1, 0.15) is 0 Å². The summed E-state index contributed by atoms with van der Waals surface area (Å²) in [7, 11) is 0. The zero-order chi connectivity index (χ0) is 17.8. The summed E-state index contributed by atoms with van der Waals surface area (Å²) in [6.45, 7) is 0. The van der Waals surface area contributed by atoms with Crippen molar-refractivity contribution in [1.82, 2.24) is 20.2 Å². The summed E-state index contributed by atoms with van der Waals surface area (Å²) in [6.07, 6.45) is 0. The third-order valence-electron chi connectivity index (χ3n) is 3.05. The van der Waals surface area contributed by atoms with Crippen LogP contribution in [0.5, 0.6) is 0 Å². The molecule has 6 nitrogen and oxygen atoms in total.